The third kappa shape index (κ3) is 2.74. The maximum absolute atomic E-state index is 10.3. The Labute approximate surface area is 165 Å². The number of ether oxygens (including phenoxy) is 1. The van der Waals surface area contributed by atoms with Crippen molar-refractivity contribution in [2.75, 3.05) is 0 Å². The molecule has 0 unspecified atom stereocenters. The van der Waals surface area contributed by atoms with Crippen LogP contribution in [0.1, 0.15) is 35.6 Å². The Bertz CT molecular complexity index is 1050. The first-order chi connectivity index (χ1) is 13.1. The van der Waals surface area contributed by atoms with E-state index in [2.05, 4.69) is 0 Å². The second kappa shape index (κ2) is 6.22. The minimum absolute atomic E-state index is 0.0871. The van der Waals surface area contributed by atoms with Crippen molar-refractivity contribution in [3.05, 3.63) is 81.7 Å². The van der Waals surface area contributed by atoms with E-state index in [1.807, 2.05) is 29.3 Å². The predicted molar refractivity (Wildman–Crippen MR) is 102 cm³/mol. The molecule has 2 atom stereocenters. The molecule has 1 aromatic heterocycles. The summed E-state index contributed by atoms with van der Waals surface area (Å²) in [7, 11) is 0. The molecule has 27 heavy (non-hydrogen) atoms. The summed E-state index contributed by atoms with van der Waals surface area (Å²) in [5.74, 6) is 1.54. The van der Waals surface area contributed by atoms with Gasteiger partial charge in [-0.2, -0.15) is 5.10 Å². The van der Waals surface area contributed by atoms with Crippen molar-refractivity contribution in [1.29, 1.82) is 0 Å². The van der Waals surface area contributed by atoms with Gasteiger partial charge in [-0.1, -0.05) is 23.2 Å². The summed E-state index contributed by atoms with van der Waals surface area (Å²) in [4.78, 5) is 0. The molecular formula is C20H14Cl2N2O3. The van der Waals surface area contributed by atoms with Crippen LogP contribution in [0.25, 0.3) is 0 Å². The zero-order valence-electron chi connectivity index (χ0n) is 14.0. The van der Waals surface area contributed by atoms with Gasteiger partial charge in [0.2, 0.25) is 6.23 Å². The van der Waals surface area contributed by atoms with Gasteiger partial charge in [0.05, 0.1) is 18.0 Å². The summed E-state index contributed by atoms with van der Waals surface area (Å²) >= 11 is 12.3. The average molecular weight is 401 g/mol. The molecule has 5 rings (SSSR count). The number of nitrogens with zero attached hydrogens (tertiary/aromatic N) is 2. The van der Waals surface area contributed by atoms with Crippen molar-refractivity contribution in [3.8, 4) is 11.5 Å². The van der Waals surface area contributed by atoms with Gasteiger partial charge in [-0.3, -0.25) is 0 Å². The summed E-state index contributed by atoms with van der Waals surface area (Å²) in [5.41, 5.74) is 2.29. The fourth-order valence-electron chi connectivity index (χ4n) is 3.58. The highest BCUT2D eigenvalue weighted by atomic mass is 35.5. The Hall–Kier alpha value is -2.63. The second-order valence-electron chi connectivity index (χ2n) is 6.48. The molecule has 1 N–H and O–H groups in total. The Morgan fingerprint density at radius 1 is 1.07 bits per heavy atom. The molecule has 0 radical (unpaired) electrons. The normalized spacial score (nSPS) is 20.7. The van der Waals surface area contributed by atoms with E-state index in [0.717, 1.165) is 17.0 Å². The molecule has 136 valence electrons. The summed E-state index contributed by atoms with van der Waals surface area (Å²) in [5, 5.41) is 18.1. The molecule has 3 heterocycles. The van der Waals surface area contributed by atoms with Gasteiger partial charge in [-0.25, -0.2) is 5.01 Å². The van der Waals surface area contributed by atoms with Gasteiger partial charge in [0, 0.05) is 27.6 Å². The van der Waals surface area contributed by atoms with Gasteiger partial charge in [0.1, 0.15) is 11.5 Å². The van der Waals surface area contributed by atoms with Gasteiger partial charge in [-0.05, 0) is 48.5 Å². The fourth-order valence-corrected chi connectivity index (χ4v) is 3.93. The molecule has 3 aromatic rings. The lowest BCUT2D eigenvalue weighted by atomic mass is 9.96. The summed E-state index contributed by atoms with van der Waals surface area (Å²) in [6, 6.07) is 14.1. The molecule has 0 amide bonds. The molecule has 2 aliphatic heterocycles. The van der Waals surface area contributed by atoms with Gasteiger partial charge >= 0.3 is 0 Å². The van der Waals surface area contributed by atoms with Crippen LogP contribution < -0.4 is 4.74 Å². The van der Waals surface area contributed by atoms with Crippen LogP contribution in [0.15, 0.2) is 64.3 Å². The largest absolute Gasteiger partial charge is 0.507 e. The smallest absolute Gasteiger partial charge is 0.246 e. The highest BCUT2D eigenvalue weighted by molar-refractivity contribution is 6.31. The first-order valence-electron chi connectivity index (χ1n) is 8.44. The standard InChI is InChI=1S/C20H14Cl2N2O3/c21-11-3-5-17(25)13(8-11)15-10-16-14-9-12(22)4-6-18(14)27-20(24(16)23-15)19-2-1-7-26-19/h1-9,16,20,25H,10H2/t16-,20-/m0/s1. The van der Waals surface area contributed by atoms with Crippen LogP contribution in [-0.4, -0.2) is 15.8 Å². The first-order valence-corrected chi connectivity index (χ1v) is 9.20. The molecule has 5 nitrogen and oxygen atoms in total. The van der Waals surface area contributed by atoms with Crippen molar-refractivity contribution < 1.29 is 14.3 Å². The van der Waals surface area contributed by atoms with Crippen molar-refractivity contribution in [3.63, 3.8) is 0 Å². The number of aromatic hydroxyl groups is 1. The number of hydrogen-bond donors (Lipinski definition) is 1. The number of benzene rings is 2. The number of fused-ring (bicyclic) bond motifs is 3. The Morgan fingerprint density at radius 3 is 2.70 bits per heavy atom. The summed E-state index contributed by atoms with van der Waals surface area (Å²) < 4.78 is 11.7. The monoisotopic (exact) mass is 400 g/mol. The van der Waals surface area contributed by atoms with E-state index < -0.39 is 6.23 Å². The van der Waals surface area contributed by atoms with Crippen LogP contribution in [0.3, 0.4) is 0 Å². The minimum atomic E-state index is -0.502. The number of hydrazone groups is 1. The van der Waals surface area contributed by atoms with Crippen molar-refractivity contribution in [2.45, 2.75) is 18.7 Å². The number of phenols is 1. The van der Waals surface area contributed by atoms with Crippen LogP contribution in [0.2, 0.25) is 10.0 Å². The van der Waals surface area contributed by atoms with E-state index >= 15 is 0 Å². The topological polar surface area (TPSA) is 58.2 Å². The van der Waals surface area contributed by atoms with E-state index in [-0.39, 0.29) is 11.8 Å². The van der Waals surface area contributed by atoms with Gasteiger partial charge < -0.3 is 14.3 Å². The Morgan fingerprint density at radius 2 is 1.89 bits per heavy atom. The van der Waals surface area contributed by atoms with Crippen molar-refractivity contribution in [1.82, 2.24) is 5.01 Å². The van der Waals surface area contributed by atoms with Crippen LogP contribution >= 0.6 is 23.2 Å². The van der Waals surface area contributed by atoms with E-state index in [9.17, 15) is 5.11 Å². The van der Waals surface area contributed by atoms with Crippen LogP contribution in [0.4, 0.5) is 0 Å². The predicted octanol–water partition coefficient (Wildman–Crippen LogP) is 5.53. The second-order valence-corrected chi connectivity index (χ2v) is 7.35. The van der Waals surface area contributed by atoms with Crippen molar-refractivity contribution >= 4 is 28.9 Å². The zero-order valence-corrected chi connectivity index (χ0v) is 15.5. The quantitative estimate of drug-likeness (QED) is 0.613. The Balaban J connectivity index is 1.63. The molecule has 0 saturated heterocycles. The molecule has 0 saturated carbocycles. The summed E-state index contributed by atoms with van der Waals surface area (Å²) in [6.07, 6.45) is 1.69. The molecule has 0 aliphatic carbocycles. The van der Waals surface area contributed by atoms with Gasteiger partial charge in [0.25, 0.3) is 0 Å². The van der Waals surface area contributed by atoms with E-state index in [1.165, 1.54) is 0 Å². The van der Waals surface area contributed by atoms with Crippen LogP contribution in [0.5, 0.6) is 11.5 Å². The number of rotatable bonds is 2. The van der Waals surface area contributed by atoms with Crippen LogP contribution in [0, 0.1) is 0 Å². The zero-order chi connectivity index (χ0) is 18.5. The van der Waals surface area contributed by atoms with Crippen molar-refractivity contribution in [2.24, 2.45) is 5.10 Å². The molecule has 7 heteroatoms. The van der Waals surface area contributed by atoms with Gasteiger partial charge in [-0.15, -0.1) is 0 Å². The third-order valence-electron chi connectivity index (χ3n) is 4.81. The lowest BCUT2D eigenvalue weighted by molar-refractivity contribution is -0.0325. The molecule has 0 spiro atoms. The SMILES string of the molecule is Oc1ccc(Cl)cc1C1=NN2[C@@H](C1)c1cc(Cl)ccc1O[C@H]2c1ccco1. The molecule has 0 fully saturated rings. The number of halogens is 2. The van der Waals surface area contributed by atoms with E-state index in [1.54, 1.807) is 30.5 Å². The number of phenolic OH excluding ortho intramolecular Hbond substituents is 1. The molecule has 2 aliphatic rings. The highest BCUT2D eigenvalue weighted by Crippen LogP contribution is 2.48. The number of hydrogen-bond acceptors (Lipinski definition) is 5. The molecule has 2 aromatic carbocycles. The minimum Gasteiger partial charge on any atom is -0.507 e. The average Bonchev–Trinajstić information content (AvgIpc) is 3.33. The third-order valence-corrected chi connectivity index (χ3v) is 5.28. The van der Waals surface area contributed by atoms with Crippen LogP contribution in [-0.2, 0) is 0 Å². The highest BCUT2D eigenvalue weighted by Gasteiger charge is 2.42. The lowest BCUT2D eigenvalue weighted by Gasteiger charge is -2.36. The summed E-state index contributed by atoms with van der Waals surface area (Å²) in [6.45, 7) is 0. The Kier molecular flexibility index (Phi) is 3.81. The van der Waals surface area contributed by atoms with Gasteiger partial charge in [0.15, 0.2) is 5.76 Å². The maximum atomic E-state index is 10.3. The lowest BCUT2D eigenvalue weighted by Crippen LogP contribution is -2.33. The fraction of sp³-hybridized carbons (Fsp3) is 0.150. The van der Waals surface area contributed by atoms with E-state index in [4.69, 9.17) is 37.5 Å². The van der Waals surface area contributed by atoms with E-state index in [0.29, 0.717) is 27.8 Å². The first kappa shape index (κ1) is 16.5. The number of furan rings is 1. The maximum Gasteiger partial charge on any atom is 0.246 e. The molecule has 0 bridgehead atoms. The molecular weight excluding hydrogens is 387 g/mol.